The molecule has 1 aliphatic carbocycles. The van der Waals surface area contributed by atoms with Crippen LogP contribution in [-0.4, -0.2) is 17.9 Å². The second-order valence-corrected chi connectivity index (χ2v) is 5.94. The van der Waals surface area contributed by atoms with Crippen molar-refractivity contribution in [2.24, 2.45) is 0 Å². The van der Waals surface area contributed by atoms with Crippen molar-refractivity contribution >= 4 is 29.1 Å². The summed E-state index contributed by atoms with van der Waals surface area (Å²) >= 11 is 6.02. The van der Waals surface area contributed by atoms with E-state index in [1.807, 2.05) is 0 Å². The number of imide groups is 1. The monoisotopic (exact) mass is 322 g/mol. The van der Waals surface area contributed by atoms with E-state index in [-0.39, 0.29) is 22.5 Å². The van der Waals surface area contributed by atoms with Gasteiger partial charge in [0.05, 0.1) is 5.69 Å². The van der Waals surface area contributed by atoms with Gasteiger partial charge in [0.25, 0.3) is 11.8 Å². The molecule has 1 aromatic rings. The summed E-state index contributed by atoms with van der Waals surface area (Å²) in [6.45, 7) is 0. The molecule has 1 fully saturated rings. The molecule has 2 amide bonds. The number of halogens is 2. The van der Waals surface area contributed by atoms with E-state index in [4.69, 9.17) is 11.6 Å². The summed E-state index contributed by atoms with van der Waals surface area (Å²) < 4.78 is 13.9. The Labute approximate surface area is 132 Å². The Morgan fingerprint density at radius 1 is 1.09 bits per heavy atom. The van der Waals surface area contributed by atoms with E-state index >= 15 is 0 Å². The number of para-hydroxylation sites is 1. The van der Waals surface area contributed by atoms with E-state index in [0.29, 0.717) is 0 Å². The zero-order valence-corrected chi connectivity index (χ0v) is 12.7. The van der Waals surface area contributed by atoms with Gasteiger partial charge >= 0.3 is 0 Å². The molecule has 6 heteroatoms. The maximum atomic E-state index is 13.9. The maximum absolute atomic E-state index is 13.9. The summed E-state index contributed by atoms with van der Waals surface area (Å²) in [5.74, 6) is -1.91. The molecule has 0 atom stereocenters. The van der Waals surface area contributed by atoms with Gasteiger partial charge in [-0.25, -0.2) is 9.29 Å². The third kappa shape index (κ3) is 2.61. The van der Waals surface area contributed by atoms with Gasteiger partial charge in [0.1, 0.15) is 16.5 Å². The summed E-state index contributed by atoms with van der Waals surface area (Å²) in [5, 5.41) is 2.91. The molecule has 1 N–H and O–H groups in total. The largest absolute Gasteiger partial charge is 0.376 e. The number of nitrogens with one attached hydrogen (secondary N) is 1. The van der Waals surface area contributed by atoms with Crippen LogP contribution in [0.2, 0.25) is 0 Å². The van der Waals surface area contributed by atoms with Gasteiger partial charge in [-0.05, 0) is 25.0 Å². The van der Waals surface area contributed by atoms with Crippen LogP contribution in [0.25, 0.3) is 0 Å². The first-order chi connectivity index (χ1) is 10.6. The second-order valence-electron chi connectivity index (χ2n) is 5.57. The van der Waals surface area contributed by atoms with Crippen molar-refractivity contribution in [3.8, 4) is 0 Å². The number of amides is 2. The van der Waals surface area contributed by atoms with Gasteiger partial charge in [-0.2, -0.15) is 0 Å². The molecule has 22 heavy (non-hydrogen) atoms. The van der Waals surface area contributed by atoms with Crippen molar-refractivity contribution in [3.63, 3.8) is 0 Å². The molecule has 0 radical (unpaired) electrons. The van der Waals surface area contributed by atoms with Crippen LogP contribution >= 0.6 is 11.6 Å². The molecule has 4 nitrogen and oxygen atoms in total. The molecular formula is C16H16ClFN2O2. The van der Waals surface area contributed by atoms with E-state index in [1.165, 1.54) is 24.6 Å². The lowest BCUT2D eigenvalue weighted by Crippen LogP contribution is -2.37. The molecule has 0 aromatic heterocycles. The highest BCUT2D eigenvalue weighted by Crippen LogP contribution is 2.30. The lowest BCUT2D eigenvalue weighted by molar-refractivity contribution is -0.120. The van der Waals surface area contributed by atoms with Gasteiger partial charge in [0.2, 0.25) is 0 Å². The van der Waals surface area contributed by atoms with Crippen molar-refractivity contribution in [1.82, 2.24) is 5.32 Å². The average Bonchev–Trinajstić information content (AvgIpc) is 2.73. The van der Waals surface area contributed by atoms with E-state index in [0.717, 1.165) is 30.6 Å². The Balaban J connectivity index is 1.85. The average molecular weight is 323 g/mol. The van der Waals surface area contributed by atoms with Gasteiger partial charge < -0.3 is 5.32 Å². The fourth-order valence-corrected chi connectivity index (χ4v) is 3.15. The molecule has 1 aromatic carbocycles. The first kappa shape index (κ1) is 15.0. The van der Waals surface area contributed by atoms with Crippen LogP contribution in [0.4, 0.5) is 10.1 Å². The van der Waals surface area contributed by atoms with Crippen molar-refractivity contribution in [2.75, 3.05) is 4.90 Å². The lowest BCUT2D eigenvalue weighted by Gasteiger charge is -2.24. The number of benzene rings is 1. The second kappa shape index (κ2) is 6.08. The predicted molar refractivity (Wildman–Crippen MR) is 81.8 cm³/mol. The number of anilines is 1. The predicted octanol–water partition coefficient (Wildman–Crippen LogP) is 3.07. The molecule has 1 saturated carbocycles. The summed E-state index contributed by atoms with van der Waals surface area (Å²) in [7, 11) is 0. The number of carbonyl (C=O) groups excluding carboxylic acids is 2. The van der Waals surface area contributed by atoms with Gasteiger partial charge in [-0.1, -0.05) is 43.0 Å². The Hall–Kier alpha value is -1.88. The fraction of sp³-hybridized carbons (Fsp3) is 0.375. The van der Waals surface area contributed by atoms with Crippen molar-refractivity contribution < 1.29 is 14.0 Å². The van der Waals surface area contributed by atoms with Crippen molar-refractivity contribution in [3.05, 3.63) is 40.8 Å². The highest BCUT2D eigenvalue weighted by Gasteiger charge is 2.40. The van der Waals surface area contributed by atoms with Crippen LogP contribution in [0.5, 0.6) is 0 Å². The van der Waals surface area contributed by atoms with Gasteiger partial charge in [0, 0.05) is 6.04 Å². The molecule has 2 aliphatic rings. The number of nitrogens with zero attached hydrogens (tertiary/aromatic N) is 1. The van der Waals surface area contributed by atoms with Crippen molar-refractivity contribution in [1.29, 1.82) is 0 Å². The number of carbonyl (C=O) groups is 2. The third-order valence-electron chi connectivity index (χ3n) is 4.07. The minimum atomic E-state index is -0.685. The number of rotatable bonds is 3. The Kier molecular flexibility index (Phi) is 4.16. The summed E-state index contributed by atoms with van der Waals surface area (Å²) in [4.78, 5) is 25.5. The minimum Gasteiger partial charge on any atom is -0.376 e. The van der Waals surface area contributed by atoms with E-state index in [9.17, 15) is 14.0 Å². The Bertz CT molecular complexity index is 653. The first-order valence-corrected chi connectivity index (χ1v) is 7.77. The molecule has 116 valence electrons. The highest BCUT2D eigenvalue weighted by molar-refractivity contribution is 6.52. The van der Waals surface area contributed by atoms with Crippen LogP contribution in [0, 0.1) is 5.82 Å². The zero-order valence-electron chi connectivity index (χ0n) is 11.9. The van der Waals surface area contributed by atoms with Gasteiger partial charge in [0.15, 0.2) is 0 Å². The third-order valence-corrected chi connectivity index (χ3v) is 4.42. The van der Waals surface area contributed by atoms with E-state index < -0.39 is 17.6 Å². The zero-order chi connectivity index (χ0) is 15.7. The Morgan fingerprint density at radius 2 is 1.77 bits per heavy atom. The van der Waals surface area contributed by atoms with Gasteiger partial charge in [-0.15, -0.1) is 0 Å². The van der Waals surface area contributed by atoms with E-state index in [1.54, 1.807) is 6.07 Å². The van der Waals surface area contributed by atoms with Crippen LogP contribution in [0.3, 0.4) is 0 Å². The number of hydrogen-bond acceptors (Lipinski definition) is 3. The lowest BCUT2D eigenvalue weighted by atomic mass is 9.95. The molecule has 0 saturated heterocycles. The van der Waals surface area contributed by atoms with Crippen molar-refractivity contribution in [2.45, 2.75) is 38.1 Å². The Morgan fingerprint density at radius 3 is 2.45 bits per heavy atom. The van der Waals surface area contributed by atoms with Gasteiger partial charge in [-0.3, -0.25) is 9.59 Å². The van der Waals surface area contributed by atoms with Crippen LogP contribution < -0.4 is 10.2 Å². The highest BCUT2D eigenvalue weighted by atomic mass is 35.5. The molecule has 0 bridgehead atoms. The number of hydrogen-bond donors (Lipinski definition) is 1. The topological polar surface area (TPSA) is 49.4 Å². The molecule has 0 spiro atoms. The summed E-state index contributed by atoms with van der Waals surface area (Å²) in [6.07, 6.45) is 5.23. The SMILES string of the molecule is O=C1C(Cl)=C(NC2CCCCC2)C(=O)N1c1ccccc1F. The fourth-order valence-electron chi connectivity index (χ4n) is 2.93. The quantitative estimate of drug-likeness (QED) is 0.870. The molecule has 1 heterocycles. The van der Waals surface area contributed by atoms with Crippen LogP contribution in [-0.2, 0) is 9.59 Å². The molecule has 0 unspecified atom stereocenters. The minimum absolute atomic E-state index is 0.0731. The standard InChI is InChI=1S/C16H16ClFN2O2/c17-13-14(19-10-6-2-1-3-7-10)16(22)20(15(13)21)12-9-5-4-8-11(12)18/h4-5,8-10,19H,1-3,6-7H2. The molecule has 3 rings (SSSR count). The van der Waals surface area contributed by atoms with Crippen LogP contribution in [0.1, 0.15) is 32.1 Å². The molecule has 1 aliphatic heterocycles. The maximum Gasteiger partial charge on any atom is 0.283 e. The smallest absolute Gasteiger partial charge is 0.283 e. The van der Waals surface area contributed by atoms with E-state index in [2.05, 4.69) is 5.32 Å². The summed E-state index contributed by atoms with van der Waals surface area (Å²) in [6, 6.07) is 5.80. The molecular weight excluding hydrogens is 307 g/mol. The summed E-state index contributed by atoms with van der Waals surface area (Å²) in [5.41, 5.74) is 0.0120. The first-order valence-electron chi connectivity index (χ1n) is 7.39. The van der Waals surface area contributed by atoms with Crippen LogP contribution in [0.15, 0.2) is 35.0 Å². The normalized spacial score (nSPS) is 20.0.